The summed E-state index contributed by atoms with van der Waals surface area (Å²) in [5.41, 5.74) is 6.24. The molecule has 0 aliphatic heterocycles. The van der Waals surface area contributed by atoms with E-state index in [-0.39, 0.29) is 0 Å². The maximum absolute atomic E-state index is 6.24. The summed E-state index contributed by atoms with van der Waals surface area (Å²) in [6.07, 6.45) is 0. The third-order valence-electron chi connectivity index (χ3n) is 0.430. The van der Waals surface area contributed by atoms with Crippen LogP contribution in [0.4, 0.5) is 0 Å². The Hall–Kier alpha value is 9.55. The van der Waals surface area contributed by atoms with Crippen molar-refractivity contribution in [1.82, 2.24) is 0 Å². The van der Waals surface area contributed by atoms with E-state index in [1.165, 1.54) is 0 Å². The molecule has 14 heavy (non-hydrogen) atoms. The summed E-state index contributed by atoms with van der Waals surface area (Å²) in [5.74, 6) is 0. The van der Waals surface area contributed by atoms with Gasteiger partial charge in [0.15, 0.2) is 0 Å². The molecule has 0 saturated carbocycles. The first-order valence-corrected chi connectivity index (χ1v) is 78.6. The van der Waals surface area contributed by atoms with Gasteiger partial charge in [-0.25, -0.2) is 0 Å². The first kappa shape index (κ1) is 23.6. The minimum absolute atomic E-state index is 0.393. The molecule has 0 bridgehead atoms. The Labute approximate surface area is 178 Å². The van der Waals surface area contributed by atoms with Gasteiger partial charge >= 0.3 is 187 Å². The molecule has 0 spiro atoms. The van der Waals surface area contributed by atoms with E-state index in [9.17, 15) is 0 Å². The molecular formula is BI13. The molecule has 0 amide bonds. The van der Waals surface area contributed by atoms with Crippen LogP contribution in [-0.2, 0) is 0 Å². The second kappa shape index (κ2) is 13.8. The van der Waals surface area contributed by atoms with Crippen molar-refractivity contribution in [1.29, 1.82) is 0 Å². The quantitative estimate of drug-likeness (QED) is 0.190. The summed E-state index contributed by atoms with van der Waals surface area (Å²) < 4.78 is 0. The standard InChI is InChI=1S/BI13/c1-9(2)11(5)13(7)14(8)12(6)10(3)4. The molecule has 14 heteroatoms. The fraction of sp³-hybridized carbons (Fsp3) is 0. The van der Waals surface area contributed by atoms with Gasteiger partial charge in [0.1, 0.15) is 0 Å². The van der Waals surface area contributed by atoms with Crippen molar-refractivity contribution >= 4 is 187 Å². The van der Waals surface area contributed by atoms with Crippen LogP contribution in [0.3, 0.4) is 0 Å². The van der Waals surface area contributed by atoms with E-state index in [0.29, 0.717) is 0 Å². The van der Waals surface area contributed by atoms with Crippen LogP contribution >= 0.6 is 181 Å². The van der Waals surface area contributed by atoms with Crippen LogP contribution in [-0.4, -0.2) is 5.70 Å². The van der Waals surface area contributed by atoms with Gasteiger partial charge in [0.2, 0.25) is 0 Å². The van der Waals surface area contributed by atoms with Gasteiger partial charge < -0.3 is 0 Å². The summed E-state index contributed by atoms with van der Waals surface area (Å²) in [6, 6.07) is 0. The first-order chi connectivity index (χ1) is 6.29. The fourth-order valence-corrected chi connectivity index (χ4v) is 1510. The number of hydrogen-bond donors (Lipinski definition) is 0. The van der Waals surface area contributed by atoms with Crippen molar-refractivity contribution < 1.29 is 0 Å². The Morgan fingerprint density at radius 1 is 0.571 bits per heavy atom. The number of rotatable bonds is 5. The average molecular weight is 1660 g/mol. The summed E-state index contributed by atoms with van der Waals surface area (Å²) in [7, 11) is -2.25. The molecule has 0 aliphatic carbocycles. The van der Waals surface area contributed by atoms with Gasteiger partial charge in [0.25, 0.3) is 0 Å². The maximum atomic E-state index is 6.24. The SMILES string of the molecule is [B]I(I)I(I)I(I)I(I)I(I)I(I)I. The van der Waals surface area contributed by atoms with E-state index in [4.69, 9.17) is 5.70 Å². The molecule has 0 N–H and O–H groups in total. The third kappa shape index (κ3) is 10.4. The van der Waals surface area contributed by atoms with Gasteiger partial charge in [-0.1, -0.05) is 0 Å². The van der Waals surface area contributed by atoms with Crippen LogP contribution < -0.4 is 0 Å². The zero-order valence-corrected chi connectivity index (χ0v) is 33.5. The van der Waals surface area contributed by atoms with Crippen molar-refractivity contribution in [3.63, 3.8) is 0 Å². The first-order valence-electron chi connectivity index (χ1n) is 1.93. The Morgan fingerprint density at radius 2 is 0.929 bits per heavy atom. The van der Waals surface area contributed by atoms with Crippen molar-refractivity contribution in [3.05, 3.63) is 0 Å². The van der Waals surface area contributed by atoms with E-state index in [1.54, 1.807) is 0 Å². The molecule has 0 unspecified atom stereocenters. The Balaban J connectivity index is 4.30. The van der Waals surface area contributed by atoms with Gasteiger partial charge in [-0.2, -0.15) is 0 Å². The van der Waals surface area contributed by atoms with Crippen molar-refractivity contribution in [2.45, 2.75) is 0 Å². The molecule has 0 atom stereocenters. The van der Waals surface area contributed by atoms with Gasteiger partial charge in [0, 0.05) is 0 Å². The fourth-order valence-electron chi connectivity index (χ4n) is 0.132. The molecular weight excluding hydrogens is 1660 g/mol. The van der Waals surface area contributed by atoms with Crippen LogP contribution in [0.25, 0.3) is 0 Å². The normalized spacial score (nSPS) is 17.1. The van der Waals surface area contributed by atoms with Gasteiger partial charge in [-0.3, -0.25) is 0 Å². The second-order valence-corrected chi connectivity index (χ2v) is 268. The van der Waals surface area contributed by atoms with Crippen LogP contribution in [0.5, 0.6) is 0 Å². The Kier molecular flexibility index (Phi) is 23.2. The van der Waals surface area contributed by atoms with Gasteiger partial charge in [0.05, 0.1) is 0 Å². The predicted molar refractivity (Wildman–Crippen MR) is 188 cm³/mol. The van der Waals surface area contributed by atoms with Crippen LogP contribution in [0, 0.1) is 0 Å². The Bertz CT molecular complexity index is 133. The van der Waals surface area contributed by atoms with Gasteiger partial charge in [-0.15, -0.1) is 0 Å². The van der Waals surface area contributed by atoms with E-state index < -0.39 is 51.1 Å². The minimum atomic E-state index is -0.869. The van der Waals surface area contributed by atoms with E-state index in [1.807, 2.05) is 0 Å². The van der Waals surface area contributed by atoms with Gasteiger partial charge in [-0.05, 0) is 0 Å². The molecule has 0 rings (SSSR count). The van der Waals surface area contributed by atoms with Crippen molar-refractivity contribution in [3.8, 4) is 0 Å². The van der Waals surface area contributed by atoms with E-state index >= 15 is 0 Å². The Morgan fingerprint density at radius 3 is 1.21 bits per heavy atom. The summed E-state index contributed by atoms with van der Waals surface area (Å²) in [5, 5.41) is 0. The topological polar surface area (TPSA) is 0 Å². The second-order valence-electron chi connectivity index (χ2n) is 1.03. The molecule has 0 heterocycles. The molecule has 0 fully saturated rings. The summed E-state index contributed by atoms with van der Waals surface area (Å²) >= 11 is 19.1. The third-order valence-corrected chi connectivity index (χ3v) is 763. The zero-order chi connectivity index (χ0) is 11.5. The van der Waals surface area contributed by atoms with Crippen molar-refractivity contribution in [2.24, 2.45) is 0 Å². The summed E-state index contributed by atoms with van der Waals surface area (Å²) in [6.45, 7) is 0. The molecule has 94 valence electrons. The summed E-state index contributed by atoms with van der Waals surface area (Å²) in [4.78, 5) is 0. The molecule has 2 radical (unpaired) electrons. The molecule has 0 aromatic carbocycles. The predicted octanol–water partition coefficient (Wildman–Crippen LogP) is 11.1. The van der Waals surface area contributed by atoms with Crippen molar-refractivity contribution in [2.75, 3.05) is 0 Å². The average Bonchev–Trinajstić information content (AvgIpc) is 2.12. The van der Waals surface area contributed by atoms with Crippen LogP contribution in [0.1, 0.15) is 0 Å². The van der Waals surface area contributed by atoms with E-state index in [2.05, 4.69) is 130 Å². The number of hydrogen-bond acceptors (Lipinski definition) is 0. The molecule has 0 aromatic rings. The molecule has 0 saturated heterocycles. The van der Waals surface area contributed by atoms with Crippen LogP contribution in [0.2, 0.25) is 0 Å². The molecule has 0 aromatic heterocycles. The number of halogens is 13. The molecule has 0 nitrogen and oxygen atoms in total. The van der Waals surface area contributed by atoms with Crippen LogP contribution in [0.15, 0.2) is 0 Å². The molecule has 0 aliphatic rings. The van der Waals surface area contributed by atoms with E-state index in [0.717, 1.165) is 0 Å². The monoisotopic (exact) mass is 1660 g/mol. The zero-order valence-electron chi connectivity index (χ0n) is 5.49.